The molecule has 13 heteroatoms. The van der Waals surface area contributed by atoms with Crippen LogP contribution in [0, 0.1) is 0 Å². The van der Waals surface area contributed by atoms with Crippen LogP contribution in [-0.4, -0.2) is 44.0 Å². The van der Waals surface area contributed by atoms with E-state index in [1.54, 1.807) is 13.0 Å². The molecule has 0 fully saturated rings. The van der Waals surface area contributed by atoms with E-state index in [0.717, 1.165) is 4.88 Å². The van der Waals surface area contributed by atoms with Crippen molar-refractivity contribution in [2.45, 2.75) is 13.5 Å². The highest BCUT2D eigenvalue weighted by molar-refractivity contribution is 7.18. The minimum absolute atomic E-state index is 0.00245. The lowest BCUT2D eigenvalue weighted by molar-refractivity contribution is 0.0944. The number of rotatable bonds is 6. The number of thiophene rings is 1. The Kier molecular flexibility index (Phi) is 5.25. The summed E-state index contributed by atoms with van der Waals surface area (Å²) in [5.41, 5.74) is 9.01. The lowest BCUT2D eigenvalue weighted by atomic mass is 10.3. The Hall–Kier alpha value is -2.83. The molecule has 3 aromatic heterocycles. The summed E-state index contributed by atoms with van der Waals surface area (Å²) in [6.07, 6.45) is 0. The number of nitrogens with zero attached hydrogens (tertiary/aromatic N) is 6. The molecule has 3 aromatic rings. The molecule has 0 bridgehead atoms. The summed E-state index contributed by atoms with van der Waals surface area (Å²) in [6, 6.07) is 3.56. The number of hydrogen-bond acceptors (Lipinski definition) is 10. The van der Waals surface area contributed by atoms with E-state index in [9.17, 15) is 4.79 Å². The minimum atomic E-state index is -0.569. The summed E-state index contributed by atoms with van der Waals surface area (Å²) in [5, 5.41) is 18.9. The predicted molar refractivity (Wildman–Crippen MR) is 93.3 cm³/mol. The van der Waals surface area contributed by atoms with Crippen LogP contribution in [0.25, 0.3) is 5.82 Å². The first-order valence-corrected chi connectivity index (χ1v) is 8.33. The predicted octanol–water partition coefficient (Wildman–Crippen LogP) is 1.25. The Morgan fingerprint density at radius 3 is 2.92 bits per heavy atom. The van der Waals surface area contributed by atoms with Crippen LogP contribution in [-0.2, 0) is 11.3 Å². The topological polar surface area (TPSA) is 146 Å². The number of ether oxygens (including phenoxy) is 1. The number of hydrogen-bond donors (Lipinski definition) is 2. The van der Waals surface area contributed by atoms with Crippen molar-refractivity contribution in [1.82, 2.24) is 30.7 Å². The molecule has 3 rings (SSSR count). The van der Waals surface area contributed by atoms with Crippen LogP contribution >= 0.6 is 22.9 Å². The summed E-state index contributed by atoms with van der Waals surface area (Å²) in [7, 11) is 1.46. The highest BCUT2D eigenvalue weighted by atomic mass is 35.5. The highest BCUT2D eigenvalue weighted by Crippen LogP contribution is 2.22. The van der Waals surface area contributed by atoms with Gasteiger partial charge in [0.25, 0.3) is 5.91 Å². The van der Waals surface area contributed by atoms with Gasteiger partial charge in [0, 0.05) is 7.11 Å². The number of nitrogens with two attached hydrogens (primary N) is 1. The summed E-state index contributed by atoms with van der Waals surface area (Å²) in [4.78, 5) is 13.3. The standard InChI is InChI=1S/C13H13ClN8O3S/c1-6(8-3-4-9(14)26-8)16-18-13(23)10-7(5-24-2)22(21-17-10)12-11(15)19-25-20-12/h3-4H,5H2,1-2H3,(H2,15,19)(H,18,23)/b16-6+. The van der Waals surface area contributed by atoms with E-state index in [2.05, 4.69) is 35.8 Å². The molecular weight excluding hydrogens is 384 g/mol. The molecule has 0 spiro atoms. The van der Waals surface area contributed by atoms with Crippen molar-refractivity contribution in [3.63, 3.8) is 0 Å². The maximum absolute atomic E-state index is 12.4. The minimum Gasteiger partial charge on any atom is -0.378 e. The molecule has 0 radical (unpaired) electrons. The quantitative estimate of drug-likeness (QED) is 0.467. The first-order chi connectivity index (χ1) is 12.5. The van der Waals surface area contributed by atoms with Crippen molar-refractivity contribution in [2.75, 3.05) is 12.8 Å². The van der Waals surface area contributed by atoms with E-state index >= 15 is 0 Å². The highest BCUT2D eigenvalue weighted by Gasteiger charge is 2.23. The maximum atomic E-state index is 12.4. The van der Waals surface area contributed by atoms with Crippen LogP contribution in [0.1, 0.15) is 28.0 Å². The van der Waals surface area contributed by atoms with Crippen molar-refractivity contribution in [1.29, 1.82) is 0 Å². The molecule has 1 amide bonds. The van der Waals surface area contributed by atoms with Crippen LogP contribution < -0.4 is 11.2 Å². The fourth-order valence-corrected chi connectivity index (χ4v) is 2.99. The Morgan fingerprint density at radius 1 is 1.50 bits per heavy atom. The third kappa shape index (κ3) is 3.56. The lowest BCUT2D eigenvalue weighted by Gasteiger charge is -2.04. The molecule has 0 unspecified atom stereocenters. The summed E-state index contributed by atoms with van der Waals surface area (Å²) < 4.78 is 11.5. The number of amides is 1. The van der Waals surface area contributed by atoms with E-state index in [1.165, 1.54) is 23.1 Å². The normalized spacial score (nSPS) is 11.7. The Bertz CT molecular complexity index is 962. The number of halogens is 1. The second-order valence-corrected chi connectivity index (χ2v) is 6.66. The van der Waals surface area contributed by atoms with Gasteiger partial charge >= 0.3 is 0 Å². The van der Waals surface area contributed by atoms with Crippen molar-refractivity contribution in [2.24, 2.45) is 5.10 Å². The first kappa shape index (κ1) is 18.0. The number of aromatic nitrogens is 5. The second kappa shape index (κ2) is 7.59. The fourth-order valence-electron chi connectivity index (χ4n) is 2.00. The third-order valence-corrected chi connectivity index (χ3v) is 4.55. The van der Waals surface area contributed by atoms with Crippen LogP contribution in [0.15, 0.2) is 21.9 Å². The SMILES string of the molecule is COCc1c(C(=O)N/N=C(\C)c2ccc(Cl)s2)nnn1-c1nonc1N. The van der Waals surface area contributed by atoms with E-state index in [4.69, 9.17) is 22.1 Å². The Morgan fingerprint density at radius 2 is 2.31 bits per heavy atom. The van der Waals surface area contributed by atoms with Crippen molar-refractivity contribution in [3.8, 4) is 5.82 Å². The third-order valence-electron chi connectivity index (χ3n) is 3.21. The molecule has 0 atom stereocenters. The molecule has 0 aromatic carbocycles. The van der Waals surface area contributed by atoms with Crippen molar-refractivity contribution < 1.29 is 14.2 Å². The van der Waals surface area contributed by atoms with Gasteiger partial charge in [-0.3, -0.25) is 4.79 Å². The summed E-state index contributed by atoms with van der Waals surface area (Å²) in [6.45, 7) is 1.78. The van der Waals surface area contributed by atoms with Gasteiger partial charge in [-0.1, -0.05) is 16.8 Å². The van der Waals surface area contributed by atoms with Crippen LogP contribution in [0.4, 0.5) is 5.82 Å². The van der Waals surface area contributed by atoms with Gasteiger partial charge < -0.3 is 10.5 Å². The average Bonchev–Trinajstić information content (AvgIpc) is 3.33. The monoisotopic (exact) mass is 396 g/mol. The zero-order valence-electron chi connectivity index (χ0n) is 13.6. The lowest BCUT2D eigenvalue weighted by Crippen LogP contribution is -2.21. The van der Waals surface area contributed by atoms with Crippen LogP contribution in [0.3, 0.4) is 0 Å². The molecule has 3 heterocycles. The molecule has 136 valence electrons. The van der Waals surface area contributed by atoms with Crippen molar-refractivity contribution in [3.05, 3.63) is 32.7 Å². The number of nitrogens with one attached hydrogen (secondary N) is 1. The number of carbonyl (C=O) groups excluding carboxylic acids is 1. The van der Waals surface area contributed by atoms with Gasteiger partial charge in [-0.2, -0.15) is 9.78 Å². The molecular formula is C13H13ClN8O3S. The molecule has 0 aliphatic heterocycles. The van der Waals surface area contributed by atoms with Crippen LogP contribution in [0.5, 0.6) is 0 Å². The Labute approximate surface area is 155 Å². The molecule has 0 aliphatic rings. The maximum Gasteiger partial charge on any atom is 0.293 e. The molecule has 0 saturated carbocycles. The largest absolute Gasteiger partial charge is 0.378 e. The number of hydrazone groups is 1. The van der Waals surface area contributed by atoms with Gasteiger partial charge in [-0.25, -0.2) is 10.1 Å². The van der Waals surface area contributed by atoms with E-state index in [1.807, 2.05) is 6.07 Å². The Balaban J connectivity index is 1.85. The number of anilines is 1. The summed E-state index contributed by atoms with van der Waals surface area (Å²) in [5.74, 6) is -0.459. The van der Waals surface area contributed by atoms with Gasteiger partial charge in [-0.15, -0.1) is 16.4 Å². The van der Waals surface area contributed by atoms with Gasteiger partial charge in [0.05, 0.1) is 21.5 Å². The fraction of sp³-hybridized carbons (Fsp3) is 0.231. The molecule has 0 saturated heterocycles. The number of nitrogen functional groups attached to an aromatic ring is 1. The van der Waals surface area contributed by atoms with Gasteiger partial charge in [0.1, 0.15) is 5.69 Å². The number of methoxy groups -OCH3 is 1. The molecule has 26 heavy (non-hydrogen) atoms. The van der Waals surface area contributed by atoms with E-state index < -0.39 is 5.91 Å². The second-order valence-electron chi connectivity index (χ2n) is 4.94. The zero-order chi connectivity index (χ0) is 18.7. The molecule has 0 aliphatic carbocycles. The van der Waals surface area contributed by atoms with E-state index in [0.29, 0.717) is 15.7 Å². The van der Waals surface area contributed by atoms with E-state index in [-0.39, 0.29) is 23.9 Å². The average molecular weight is 397 g/mol. The van der Waals surface area contributed by atoms with Crippen LogP contribution in [0.2, 0.25) is 4.34 Å². The van der Waals surface area contributed by atoms with Gasteiger partial charge in [0.15, 0.2) is 5.69 Å². The van der Waals surface area contributed by atoms with Gasteiger partial charge in [-0.05, 0) is 29.4 Å². The smallest absolute Gasteiger partial charge is 0.293 e. The summed E-state index contributed by atoms with van der Waals surface area (Å²) >= 11 is 7.25. The molecule has 11 nitrogen and oxygen atoms in total. The molecule has 3 N–H and O–H groups in total. The van der Waals surface area contributed by atoms with Gasteiger partial charge in [0.2, 0.25) is 11.6 Å². The first-order valence-electron chi connectivity index (χ1n) is 7.13. The van der Waals surface area contributed by atoms with Crippen molar-refractivity contribution >= 4 is 40.4 Å². The zero-order valence-corrected chi connectivity index (χ0v) is 15.2. The number of carbonyl (C=O) groups is 1.